The molecule has 1 heterocycles. The second kappa shape index (κ2) is 3.40. The van der Waals surface area contributed by atoms with Gasteiger partial charge in [-0.15, -0.1) is 0 Å². The molecule has 0 unspecified atom stereocenters. The first-order valence-corrected chi connectivity index (χ1v) is 4.60. The Hall–Kier alpha value is -1.38. The Balaban J connectivity index is 2.61. The number of hydrogen-bond donors (Lipinski definition) is 1. The average Bonchev–Trinajstić information content (AvgIpc) is 2.59. The number of aryl methyl sites for hydroxylation is 1. The molecular formula is C11H11F2N. The normalized spacial score (nSPS) is 11.4. The molecule has 0 atom stereocenters. The smallest absolute Gasteiger partial charge is 0.263 e. The van der Waals surface area contributed by atoms with E-state index in [2.05, 4.69) is 4.98 Å². The van der Waals surface area contributed by atoms with Gasteiger partial charge in [0, 0.05) is 22.7 Å². The Labute approximate surface area is 80.7 Å². The summed E-state index contributed by atoms with van der Waals surface area (Å²) in [7, 11) is 0. The average molecular weight is 195 g/mol. The summed E-state index contributed by atoms with van der Waals surface area (Å²) in [5, 5.41) is 0.908. The van der Waals surface area contributed by atoms with Gasteiger partial charge in [0.05, 0.1) is 0 Å². The molecule has 1 aromatic heterocycles. The van der Waals surface area contributed by atoms with Crippen LogP contribution in [-0.2, 0) is 6.42 Å². The van der Waals surface area contributed by atoms with Crippen molar-refractivity contribution in [2.45, 2.75) is 19.8 Å². The fraction of sp³-hybridized carbons (Fsp3) is 0.273. The van der Waals surface area contributed by atoms with Crippen LogP contribution < -0.4 is 0 Å². The van der Waals surface area contributed by atoms with Crippen molar-refractivity contribution < 1.29 is 8.78 Å². The molecule has 0 saturated heterocycles. The molecule has 3 heteroatoms. The number of aromatic nitrogens is 1. The van der Waals surface area contributed by atoms with E-state index in [0.29, 0.717) is 0 Å². The molecule has 1 aromatic carbocycles. The van der Waals surface area contributed by atoms with Gasteiger partial charge in [-0.1, -0.05) is 13.0 Å². The number of fused-ring (bicyclic) bond motifs is 1. The maximum atomic E-state index is 12.4. The first kappa shape index (κ1) is 9.19. The molecule has 0 saturated carbocycles. The second-order valence-corrected chi connectivity index (χ2v) is 3.27. The van der Waals surface area contributed by atoms with Crippen molar-refractivity contribution >= 4 is 10.9 Å². The summed E-state index contributed by atoms with van der Waals surface area (Å²) in [5.74, 6) is 0. The zero-order valence-corrected chi connectivity index (χ0v) is 7.85. The highest BCUT2D eigenvalue weighted by Gasteiger charge is 2.09. The molecule has 0 aliphatic heterocycles. The van der Waals surface area contributed by atoms with Crippen LogP contribution in [0.2, 0.25) is 0 Å². The second-order valence-electron chi connectivity index (χ2n) is 3.27. The van der Waals surface area contributed by atoms with Crippen molar-refractivity contribution in [1.82, 2.24) is 4.98 Å². The third-order valence-corrected chi connectivity index (χ3v) is 2.42. The van der Waals surface area contributed by atoms with Crippen LogP contribution in [0.25, 0.3) is 10.9 Å². The minimum atomic E-state index is -2.39. The fourth-order valence-corrected chi connectivity index (χ4v) is 1.62. The number of nitrogens with one attached hydrogen (secondary N) is 1. The summed E-state index contributed by atoms with van der Waals surface area (Å²) in [4.78, 5) is 3.06. The Morgan fingerprint density at radius 1 is 1.36 bits per heavy atom. The van der Waals surface area contributed by atoms with Crippen LogP contribution in [0.4, 0.5) is 8.78 Å². The molecule has 0 aliphatic rings. The van der Waals surface area contributed by atoms with Crippen molar-refractivity contribution in [1.29, 1.82) is 0 Å². The summed E-state index contributed by atoms with van der Waals surface area (Å²) >= 11 is 0. The molecule has 0 fully saturated rings. The van der Waals surface area contributed by atoms with Crippen molar-refractivity contribution in [3.63, 3.8) is 0 Å². The SMILES string of the molecule is CCc1c[nH]c2ccc(C(F)F)cc12. The molecule has 74 valence electrons. The predicted molar refractivity (Wildman–Crippen MR) is 52.6 cm³/mol. The van der Waals surface area contributed by atoms with Crippen molar-refractivity contribution in [3.05, 3.63) is 35.5 Å². The van der Waals surface area contributed by atoms with Crippen LogP contribution >= 0.6 is 0 Å². The molecule has 14 heavy (non-hydrogen) atoms. The van der Waals surface area contributed by atoms with E-state index in [1.807, 2.05) is 13.1 Å². The lowest BCUT2D eigenvalue weighted by Gasteiger charge is -2.00. The van der Waals surface area contributed by atoms with Crippen molar-refractivity contribution in [3.8, 4) is 0 Å². The summed E-state index contributed by atoms with van der Waals surface area (Å²) < 4.78 is 24.9. The number of hydrogen-bond acceptors (Lipinski definition) is 0. The van der Waals surface area contributed by atoms with Gasteiger partial charge in [-0.25, -0.2) is 8.78 Å². The number of rotatable bonds is 2. The molecule has 0 bridgehead atoms. The van der Waals surface area contributed by atoms with Gasteiger partial charge >= 0.3 is 0 Å². The van der Waals surface area contributed by atoms with Crippen LogP contribution in [0, 0.1) is 0 Å². The van der Waals surface area contributed by atoms with E-state index < -0.39 is 6.43 Å². The lowest BCUT2D eigenvalue weighted by molar-refractivity contribution is 0.151. The van der Waals surface area contributed by atoms with Gasteiger partial charge in [0.2, 0.25) is 0 Å². The van der Waals surface area contributed by atoms with E-state index in [-0.39, 0.29) is 5.56 Å². The molecular weight excluding hydrogens is 184 g/mol. The molecule has 2 rings (SSSR count). The first-order valence-electron chi connectivity index (χ1n) is 4.60. The monoisotopic (exact) mass is 195 g/mol. The molecule has 0 spiro atoms. The number of aromatic amines is 1. The topological polar surface area (TPSA) is 15.8 Å². The predicted octanol–water partition coefficient (Wildman–Crippen LogP) is 3.67. The molecule has 1 nitrogen and oxygen atoms in total. The number of halogens is 2. The van der Waals surface area contributed by atoms with Crippen LogP contribution in [0.5, 0.6) is 0 Å². The Kier molecular flexibility index (Phi) is 2.23. The van der Waals surface area contributed by atoms with Crippen LogP contribution in [0.1, 0.15) is 24.5 Å². The van der Waals surface area contributed by atoms with E-state index in [9.17, 15) is 8.78 Å². The minimum Gasteiger partial charge on any atom is -0.361 e. The van der Waals surface area contributed by atoms with Crippen LogP contribution in [0.15, 0.2) is 24.4 Å². The van der Waals surface area contributed by atoms with Crippen molar-refractivity contribution in [2.24, 2.45) is 0 Å². The van der Waals surface area contributed by atoms with Gasteiger partial charge in [-0.05, 0) is 24.1 Å². The maximum absolute atomic E-state index is 12.4. The van der Waals surface area contributed by atoms with Crippen molar-refractivity contribution in [2.75, 3.05) is 0 Å². The highest BCUT2D eigenvalue weighted by Crippen LogP contribution is 2.25. The molecule has 0 radical (unpaired) electrons. The van der Waals surface area contributed by atoms with E-state index >= 15 is 0 Å². The maximum Gasteiger partial charge on any atom is 0.263 e. The van der Waals surface area contributed by atoms with Gasteiger partial charge in [0.25, 0.3) is 6.43 Å². The number of H-pyrrole nitrogens is 1. The standard InChI is InChI=1S/C11H11F2N/c1-2-7-6-14-10-4-3-8(11(12)13)5-9(7)10/h3-6,11,14H,2H2,1H3. The Morgan fingerprint density at radius 3 is 2.79 bits per heavy atom. The van der Waals surface area contributed by atoms with Crippen LogP contribution in [-0.4, -0.2) is 4.98 Å². The number of alkyl halides is 2. The van der Waals surface area contributed by atoms with E-state index in [1.54, 1.807) is 12.1 Å². The van der Waals surface area contributed by atoms with E-state index in [1.165, 1.54) is 6.07 Å². The third-order valence-electron chi connectivity index (χ3n) is 2.42. The summed E-state index contributed by atoms with van der Waals surface area (Å²) in [6.45, 7) is 2.01. The summed E-state index contributed by atoms with van der Waals surface area (Å²) in [6, 6.07) is 4.73. The van der Waals surface area contributed by atoms with Gasteiger partial charge in [0.1, 0.15) is 0 Å². The number of benzene rings is 1. The first-order chi connectivity index (χ1) is 6.72. The molecule has 2 aromatic rings. The van der Waals surface area contributed by atoms with E-state index in [0.717, 1.165) is 22.9 Å². The van der Waals surface area contributed by atoms with Gasteiger partial charge in [-0.2, -0.15) is 0 Å². The molecule has 1 N–H and O–H groups in total. The zero-order chi connectivity index (χ0) is 10.1. The molecule has 0 amide bonds. The lowest BCUT2D eigenvalue weighted by atomic mass is 10.1. The summed E-state index contributed by atoms with van der Waals surface area (Å²) in [6.07, 6.45) is 0.339. The van der Waals surface area contributed by atoms with Gasteiger partial charge in [-0.3, -0.25) is 0 Å². The molecule has 0 aliphatic carbocycles. The lowest BCUT2D eigenvalue weighted by Crippen LogP contribution is -1.84. The van der Waals surface area contributed by atoms with Gasteiger partial charge < -0.3 is 4.98 Å². The minimum absolute atomic E-state index is 0.0896. The quantitative estimate of drug-likeness (QED) is 0.752. The zero-order valence-electron chi connectivity index (χ0n) is 7.85. The van der Waals surface area contributed by atoms with Crippen LogP contribution in [0.3, 0.4) is 0 Å². The Morgan fingerprint density at radius 2 is 2.14 bits per heavy atom. The highest BCUT2D eigenvalue weighted by molar-refractivity contribution is 5.83. The third kappa shape index (κ3) is 1.39. The highest BCUT2D eigenvalue weighted by atomic mass is 19.3. The van der Waals surface area contributed by atoms with Gasteiger partial charge in [0.15, 0.2) is 0 Å². The fourth-order valence-electron chi connectivity index (χ4n) is 1.62. The van der Waals surface area contributed by atoms with E-state index in [4.69, 9.17) is 0 Å². The summed E-state index contributed by atoms with van der Waals surface area (Å²) in [5.41, 5.74) is 2.10. The Bertz CT molecular complexity index is 445. The largest absolute Gasteiger partial charge is 0.361 e.